The van der Waals surface area contributed by atoms with Crippen LogP contribution in [0.25, 0.3) is 0 Å². The molecule has 194 valence electrons. The van der Waals surface area contributed by atoms with Crippen molar-refractivity contribution in [3.63, 3.8) is 0 Å². The van der Waals surface area contributed by atoms with E-state index in [1.807, 2.05) is 0 Å². The Morgan fingerprint density at radius 1 is 1.06 bits per heavy atom. The molecule has 0 radical (unpaired) electrons. The van der Waals surface area contributed by atoms with Crippen LogP contribution in [0, 0.1) is 22.0 Å². The number of nitrogens with one attached hydrogen (secondary N) is 2. The van der Waals surface area contributed by atoms with Crippen molar-refractivity contribution in [3.05, 3.63) is 69.8 Å². The summed E-state index contributed by atoms with van der Waals surface area (Å²) in [6.07, 6.45) is 3.24. The second-order valence-electron chi connectivity index (χ2n) is 8.80. The number of halogens is 1. The quantitative estimate of drug-likeness (QED) is 0.245. The standard InChI is InChI=1S/C25H30N4O6.ClH/c1-16(30)19-8-10-21(11-9-19)28-35-25(32)23(14-17-4-12-22(13-5-17)29(33)34)27-24(31)20-6-2-18(15-26)3-7-20;/h4-5,8-13,18,20,23,28H,2-3,6-7,14-15,26H2,1H3,(H,27,31);1H/t18?,20?,23-;/m0./s1. The number of hydrogen-bond donors (Lipinski definition) is 3. The van der Waals surface area contributed by atoms with Crippen LogP contribution in [0.5, 0.6) is 0 Å². The summed E-state index contributed by atoms with van der Waals surface area (Å²) in [5.41, 5.74) is 9.84. The fourth-order valence-electron chi connectivity index (χ4n) is 4.09. The van der Waals surface area contributed by atoms with Crippen LogP contribution < -0.4 is 16.5 Å². The number of non-ortho nitro benzene ring substituents is 1. The minimum Gasteiger partial charge on any atom is -0.342 e. The number of carbonyl (C=O) groups excluding carboxylic acids is 3. The van der Waals surface area contributed by atoms with E-state index in [-0.39, 0.29) is 42.1 Å². The summed E-state index contributed by atoms with van der Waals surface area (Å²) < 4.78 is 0. The van der Waals surface area contributed by atoms with Gasteiger partial charge in [-0.15, -0.1) is 12.4 Å². The number of Topliss-reactive ketones (excluding diaryl/α,β-unsaturated/α-hetero) is 1. The van der Waals surface area contributed by atoms with Crippen LogP contribution in [0.3, 0.4) is 0 Å². The fourth-order valence-corrected chi connectivity index (χ4v) is 4.09. The molecular formula is C25H31ClN4O6. The Bertz CT molecular complexity index is 1050. The highest BCUT2D eigenvalue weighted by Crippen LogP contribution is 2.28. The van der Waals surface area contributed by atoms with Gasteiger partial charge < -0.3 is 15.9 Å². The van der Waals surface area contributed by atoms with E-state index in [1.54, 1.807) is 36.4 Å². The van der Waals surface area contributed by atoms with Crippen LogP contribution in [0.15, 0.2) is 48.5 Å². The van der Waals surface area contributed by atoms with Gasteiger partial charge in [0.1, 0.15) is 6.04 Å². The van der Waals surface area contributed by atoms with Crippen molar-refractivity contribution in [3.8, 4) is 0 Å². The molecule has 0 saturated heterocycles. The molecule has 1 atom stereocenters. The van der Waals surface area contributed by atoms with Crippen LogP contribution in [0.1, 0.15) is 48.5 Å². The molecule has 0 unspecified atom stereocenters. The summed E-state index contributed by atoms with van der Waals surface area (Å²) in [5, 5.41) is 13.7. The molecule has 0 spiro atoms. The van der Waals surface area contributed by atoms with Gasteiger partial charge in [-0.1, -0.05) is 12.1 Å². The first-order valence-corrected chi connectivity index (χ1v) is 11.6. The lowest BCUT2D eigenvalue weighted by molar-refractivity contribution is -0.384. The van der Waals surface area contributed by atoms with Gasteiger partial charge in [-0.05, 0) is 74.9 Å². The average molecular weight is 519 g/mol. The molecule has 1 saturated carbocycles. The third-order valence-electron chi connectivity index (χ3n) is 6.30. The highest BCUT2D eigenvalue weighted by molar-refractivity contribution is 5.94. The lowest BCUT2D eigenvalue weighted by atomic mass is 9.81. The minimum atomic E-state index is -1.000. The summed E-state index contributed by atoms with van der Waals surface area (Å²) in [7, 11) is 0. The van der Waals surface area contributed by atoms with Gasteiger partial charge >= 0.3 is 5.97 Å². The van der Waals surface area contributed by atoms with Crippen molar-refractivity contribution < 1.29 is 24.1 Å². The van der Waals surface area contributed by atoms with Gasteiger partial charge in [-0.25, -0.2) is 10.3 Å². The maximum atomic E-state index is 12.9. The Morgan fingerprint density at radius 3 is 2.19 bits per heavy atom. The topological polar surface area (TPSA) is 154 Å². The summed E-state index contributed by atoms with van der Waals surface area (Å²) in [4.78, 5) is 52.9. The maximum absolute atomic E-state index is 12.9. The molecule has 36 heavy (non-hydrogen) atoms. The first-order chi connectivity index (χ1) is 16.8. The van der Waals surface area contributed by atoms with Gasteiger partial charge in [0.15, 0.2) is 5.78 Å². The number of anilines is 1. The molecular weight excluding hydrogens is 488 g/mol. The number of nitro benzene ring substituents is 1. The molecule has 4 N–H and O–H groups in total. The molecule has 10 nitrogen and oxygen atoms in total. The summed E-state index contributed by atoms with van der Waals surface area (Å²) in [6.45, 7) is 2.05. The Morgan fingerprint density at radius 2 is 1.67 bits per heavy atom. The highest BCUT2D eigenvalue weighted by Gasteiger charge is 2.30. The second kappa shape index (κ2) is 13.6. The number of benzene rings is 2. The van der Waals surface area contributed by atoms with Crippen LogP contribution >= 0.6 is 12.4 Å². The van der Waals surface area contributed by atoms with Crippen molar-refractivity contribution >= 4 is 41.4 Å². The molecule has 1 fully saturated rings. The van der Waals surface area contributed by atoms with Crippen molar-refractivity contribution in [2.75, 3.05) is 12.0 Å². The van der Waals surface area contributed by atoms with Gasteiger partial charge in [0.2, 0.25) is 5.91 Å². The molecule has 0 aromatic heterocycles. The Balaban J connectivity index is 0.00000456. The van der Waals surface area contributed by atoms with E-state index in [4.69, 9.17) is 10.6 Å². The average Bonchev–Trinajstić information content (AvgIpc) is 2.87. The van der Waals surface area contributed by atoms with Gasteiger partial charge in [-0.3, -0.25) is 19.7 Å². The Labute approximate surface area is 215 Å². The zero-order chi connectivity index (χ0) is 25.4. The number of hydrogen-bond acceptors (Lipinski definition) is 8. The lowest BCUT2D eigenvalue weighted by Gasteiger charge is -2.28. The van der Waals surface area contributed by atoms with E-state index in [0.29, 0.717) is 42.1 Å². The molecule has 1 aliphatic rings. The molecule has 0 aliphatic heterocycles. The van der Waals surface area contributed by atoms with E-state index >= 15 is 0 Å². The third-order valence-corrected chi connectivity index (χ3v) is 6.30. The van der Waals surface area contributed by atoms with Crippen LogP contribution in [0.2, 0.25) is 0 Å². The molecule has 3 rings (SSSR count). The highest BCUT2D eigenvalue weighted by atomic mass is 35.5. The minimum absolute atomic E-state index is 0. The van der Waals surface area contributed by atoms with Crippen molar-refractivity contribution in [1.82, 2.24) is 5.32 Å². The first kappa shape index (κ1) is 28.7. The van der Waals surface area contributed by atoms with Gasteiger partial charge in [-0.2, -0.15) is 0 Å². The Kier molecular flexibility index (Phi) is 10.8. The molecule has 1 aliphatic carbocycles. The predicted molar refractivity (Wildman–Crippen MR) is 137 cm³/mol. The number of nitrogens with zero attached hydrogens (tertiary/aromatic N) is 1. The molecule has 11 heteroatoms. The van der Waals surface area contributed by atoms with E-state index in [2.05, 4.69) is 10.8 Å². The summed E-state index contributed by atoms with van der Waals surface area (Å²) in [5.74, 6) is -0.811. The zero-order valence-electron chi connectivity index (χ0n) is 20.0. The summed E-state index contributed by atoms with van der Waals surface area (Å²) >= 11 is 0. The normalized spacial score (nSPS) is 17.7. The SMILES string of the molecule is CC(=O)c1ccc(NOC(=O)[C@H](Cc2ccc([N+](=O)[O-])cc2)NC(=O)C2CCC(CN)CC2)cc1.Cl. The number of ketones is 1. The van der Waals surface area contributed by atoms with Gasteiger partial charge in [0.25, 0.3) is 5.69 Å². The van der Waals surface area contributed by atoms with Crippen LogP contribution in [-0.4, -0.2) is 35.2 Å². The van der Waals surface area contributed by atoms with Gasteiger partial charge in [0.05, 0.1) is 10.6 Å². The maximum Gasteiger partial charge on any atom is 0.354 e. The van der Waals surface area contributed by atoms with Crippen LogP contribution in [0.4, 0.5) is 11.4 Å². The largest absolute Gasteiger partial charge is 0.354 e. The number of nitro groups is 1. The van der Waals surface area contributed by atoms with Crippen molar-refractivity contribution in [2.24, 2.45) is 17.6 Å². The monoisotopic (exact) mass is 518 g/mol. The van der Waals surface area contributed by atoms with E-state index in [0.717, 1.165) is 12.8 Å². The zero-order valence-corrected chi connectivity index (χ0v) is 20.8. The predicted octanol–water partition coefficient (Wildman–Crippen LogP) is 3.58. The van der Waals surface area contributed by atoms with Gasteiger partial charge in [0, 0.05) is 30.0 Å². The lowest BCUT2D eigenvalue weighted by Crippen LogP contribution is -2.47. The van der Waals surface area contributed by atoms with Crippen molar-refractivity contribution in [2.45, 2.75) is 45.1 Å². The van der Waals surface area contributed by atoms with E-state index in [9.17, 15) is 24.5 Å². The fraction of sp³-hybridized carbons (Fsp3) is 0.400. The van der Waals surface area contributed by atoms with E-state index < -0.39 is 16.9 Å². The molecule has 2 aromatic rings. The Hall–Kier alpha value is -3.50. The second-order valence-corrected chi connectivity index (χ2v) is 8.80. The smallest absolute Gasteiger partial charge is 0.342 e. The third kappa shape index (κ3) is 8.03. The molecule has 0 bridgehead atoms. The number of carbonyl (C=O) groups is 3. The van der Waals surface area contributed by atoms with Crippen molar-refractivity contribution in [1.29, 1.82) is 0 Å². The first-order valence-electron chi connectivity index (χ1n) is 11.6. The molecule has 0 heterocycles. The molecule has 2 aromatic carbocycles. The van der Waals surface area contributed by atoms with Crippen LogP contribution in [-0.2, 0) is 20.8 Å². The number of amides is 1. The number of rotatable bonds is 10. The number of nitrogens with two attached hydrogens (primary N) is 1. The summed E-state index contributed by atoms with van der Waals surface area (Å²) in [6, 6.07) is 11.2. The molecule has 1 amide bonds. The van der Waals surface area contributed by atoms with E-state index in [1.165, 1.54) is 19.1 Å².